The van der Waals surface area contributed by atoms with Gasteiger partial charge in [0, 0.05) is 19.5 Å². The Balaban J connectivity index is 1.91. The minimum atomic E-state index is -4.74. The number of aryl methyl sites for hydroxylation is 2. The van der Waals surface area contributed by atoms with E-state index >= 15 is 0 Å². The third kappa shape index (κ3) is 5.99. The summed E-state index contributed by atoms with van der Waals surface area (Å²) in [5.74, 6) is -0.344. The molecule has 1 unspecified atom stereocenters. The number of hydrogen-bond acceptors (Lipinski definition) is 3. The van der Waals surface area contributed by atoms with Crippen molar-refractivity contribution in [3.05, 3.63) is 50.4 Å². The molecule has 2 heterocycles. The third-order valence-corrected chi connectivity index (χ3v) is 6.24. The fourth-order valence-corrected chi connectivity index (χ4v) is 4.98. The van der Waals surface area contributed by atoms with E-state index < -0.39 is 29.3 Å². The van der Waals surface area contributed by atoms with E-state index in [1.807, 2.05) is 0 Å². The second kappa shape index (κ2) is 9.79. The van der Waals surface area contributed by atoms with Gasteiger partial charge >= 0.3 is 12.3 Å². The van der Waals surface area contributed by atoms with Gasteiger partial charge in [0.1, 0.15) is 20.9 Å². The average Bonchev–Trinajstić information content (AvgIpc) is 3.00. The molecular weight excluding hydrogens is 553 g/mol. The lowest BCUT2D eigenvalue weighted by Gasteiger charge is -2.38. The quantitative estimate of drug-likeness (QED) is 0.299. The van der Waals surface area contributed by atoms with Gasteiger partial charge < -0.3 is 9.30 Å². The molecule has 1 amide bonds. The number of rotatable bonds is 5. The zero-order valence-corrected chi connectivity index (χ0v) is 21.3. The maximum atomic E-state index is 14.1. The number of halogens is 5. The SMILES string of the molecule is CCCc1nc(I)c2n1CCN(C(=O)OC(C)(C)C)C2CCc1ccc(C(F)(F)F)c(F)c1. The molecular formula is C23H28F4IN3O2. The molecule has 0 saturated carbocycles. The first-order valence-electron chi connectivity index (χ1n) is 10.9. The van der Waals surface area contributed by atoms with Gasteiger partial charge in [0.05, 0.1) is 17.3 Å². The predicted molar refractivity (Wildman–Crippen MR) is 124 cm³/mol. The number of amides is 1. The van der Waals surface area contributed by atoms with Crippen molar-refractivity contribution in [2.45, 2.75) is 77.7 Å². The van der Waals surface area contributed by atoms with Gasteiger partial charge in [-0.15, -0.1) is 0 Å². The van der Waals surface area contributed by atoms with Crippen molar-refractivity contribution >= 4 is 28.7 Å². The summed E-state index contributed by atoms with van der Waals surface area (Å²) in [6.45, 7) is 8.47. The lowest BCUT2D eigenvalue weighted by atomic mass is 9.99. The smallest absolute Gasteiger partial charge is 0.419 e. The molecule has 1 aromatic heterocycles. The fourth-order valence-electron chi connectivity index (χ4n) is 4.05. The van der Waals surface area contributed by atoms with Gasteiger partial charge in [0.25, 0.3) is 0 Å². The van der Waals surface area contributed by atoms with Crippen LogP contribution in [0.3, 0.4) is 0 Å². The molecule has 1 aromatic carbocycles. The van der Waals surface area contributed by atoms with Crippen LogP contribution < -0.4 is 0 Å². The van der Waals surface area contributed by atoms with Crippen LogP contribution in [-0.4, -0.2) is 32.7 Å². The molecule has 0 saturated heterocycles. The minimum absolute atomic E-state index is 0.295. The Morgan fingerprint density at radius 2 is 1.91 bits per heavy atom. The van der Waals surface area contributed by atoms with E-state index in [1.54, 1.807) is 25.7 Å². The van der Waals surface area contributed by atoms with Gasteiger partial charge in [0.15, 0.2) is 0 Å². The molecule has 2 aromatic rings. The molecule has 0 spiro atoms. The van der Waals surface area contributed by atoms with E-state index in [4.69, 9.17) is 9.72 Å². The van der Waals surface area contributed by atoms with Crippen molar-refractivity contribution in [2.75, 3.05) is 6.54 Å². The van der Waals surface area contributed by atoms with E-state index in [0.29, 0.717) is 31.5 Å². The number of benzene rings is 1. The summed E-state index contributed by atoms with van der Waals surface area (Å²) in [4.78, 5) is 19.3. The predicted octanol–water partition coefficient (Wildman–Crippen LogP) is 6.52. The molecule has 0 fully saturated rings. The number of ether oxygens (including phenoxy) is 1. The van der Waals surface area contributed by atoms with Crippen molar-refractivity contribution < 1.29 is 27.1 Å². The van der Waals surface area contributed by atoms with Crippen LogP contribution >= 0.6 is 22.6 Å². The molecule has 10 heteroatoms. The number of aromatic nitrogens is 2. The van der Waals surface area contributed by atoms with E-state index in [2.05, 4.69) is 34.1 Å². The highest BCUT2D eigenvalue weighted by Crippen LogP contribution is 2.36. The zero-order valence-electron chi connectivity index (χ0n) is 19.1. The molecule has 1 aliphatic rings. The standard InChI is InChI=1S/C23H28F4IN3O2/c1-5-6-18-29-20(28)19-17(30(11-12-31(18)19)21(32)33-22(2,3)4)10-8-14-7-9-15(16(24)13-14)23(25,26)27/h7,9,13,17H,5-6,8,10-12H2,1-4H3. The topological polar surface area (TPSA) is 47.4 Å². The average molecular weight is 581 g/mol. The number of nitrogens with zero attached hydrogens (tertiary/aromatic N) is 3. The summed E-state index contributed by atoms with van der Waals surface area (Å²) in [7, 11) is 0. The zero-order chi connectivity index (χ0) is 24.6. The summed E-state index contributed by atoms with van der Waals surface area (Å²) in [5, 5.41) is 0. The summed E-state index contributed by atoms with van der Waals surface area (Å²) >= 11 is 2.16. The van der Waals surface area contributed by atoms with Crippen molar-refractivity contribution in [1.82, 2.24) is 14.5 Å². The van der Waals surface area contributed by atoms with Crippen molar-refractivity contribution in [2.24, 2.45) is 0 Å². The number of imidazole rings is 1. The Labute approximate surface area is 204 Å². The van der Waals surface area contributed by atoms with Gasteiger partial charge in [-0.2, -0.15) is 13.2 Å². The van der Waals surface area contributed by atoms with Crippen molar-refractivity contribution in [3.8, 4) is 0 Å². The maximum absolute atomic E-state index is 14.1. The van der Waals surface area contributed by atoms with Gasteiger partial charge in [-0.3, -0.25) is 4.90 Å². The van der Waals surface area contributed by atoms with Crippen LogP contribution in [-0.2, 0) is 30.3 Å². The van der Waals surface area contributed by atoms with Gasteiger partial charge in [-0.1, -0.05) is 13.0 Å². The third-order valence-electron chi connectivity index (χ3n) is 5.44. The van der Waals surface area contributed by atoms with E-state index in [9.17, 15) is 22.4 Å². The highest BCUT2D eigenvalue weighted by Gasteiger charge is 2.37. The normalized spacial score (nSPS) is 16.6. The highest BCUT2D eigenvalue weighted by atomic mass is 127. The Morgan fingerprint density at radius 3 is 2.48 bits per heavy atom. The highest BCUT2D eigenvalue weighted by molar-refractivity contribution is 14.1. The first-order chi connectivity index (χ1) is 15.3. The molecule has 0 N–H and O–H groups in total. The van der Waals surface area contributed by atoms with Crippen LogP contribution in [0.1, 0.15) is 69.2 Å². The number of fused-ring (bicyclic) bond motifs is 1. The van der Waals surface area contributed by atoms with Crippen LogP contribution in [0.2, 0.25) is 0 Å². The fraction of sp³-hybridized carbons (Fsp3) is 0.565. The van der Waals surface area contributed by atoms with Crippen LogP contribution in [0.4, 0.5) is 22.4 Å². The lowest BCUT2D eigenvalue weighted by molar-refractivity contribution is -0.140. The Bertz CT molecular complexity index is 1010. The first kappa shape index (κ1) is 25.8. The summed E-state index contributed by atoms with van der Waals surface area (Å²) in [6, 6.07) is 2.60. The number of hydrogen-bond donors (Lipinski definition) is 0. The van der Waals surface area contributed by atoms with Gasteiger partial charge in [0.2, 0.25) is 0 Å². The molecule has 1 atom stereocenters. The number of carbonyl (C=O) groups excluding carboxylic acids is 1. The number of carbonyl (C=O) groups is 1. The first-order valence-corrected chi connectivity index (χ1v) is 12.0. The molecule has 5 nitrogen and oxygen atoms in total. The summed E-state index contributed by atoms with van der Waals surface area (Å²) in [6.07, 6.45) is -2.76. The largest absolute Gasteiger partial charge is 0.444 e. The number of alkyl halides is 3. The van der Waals surface area contributed by atoms with Crippen LogP contribution in [0.5, 0.6) is 0 Å². The lowest BCUT2D eigenvalue weighted by Crippen LogP contribution is -2.45. The summed E-state index contributed by atoms with van der Waals surface area (Å²) in [5.41, 5.74) is -0.624. The van der Waals surface area contributed by atoms with E-state index in [0.717, 1.165) is 40.2 Å². The second-order valence-corrected chi connectivity index (χ2v) is 10.2. The second-order valence-electron chi connectivity index (χ2n) is 9.15. The molecule has 33 heavy (non-hydrogen) atoms. The van der Waals surface area contributed by atoms with E-state index in [1.165, 1.54) is 6.07 Å². The van der Waals surface area contributed by atoms with Crippen LogP contribution in [0.25, 0.3) is 0 Å². The Morgan fingerprint density at radius 1 is 1.21 bits per heavy atom. The van der Waals surface area contributed by atoms with Crippen LogP contribution in [0.15, 0.2) is 18.2 Å². The molecule has 3 rings (SSSR count). The van der Waals surface area contributed by atoms with Crippen LogP contribution in [0, 0.1) is 9.52 Å². The minimum Gasteiger partial charge on any atom is -0.444 e. The van der Waals surface area contributed by atoms with Gasteiger partial charge in [-0.25, -0.2) is 14.2 Å². The Kier molecular flexibility index (Phi) is 7.65. The van der Waals surface area contributed by atoms with E-state index in [-0.39, 0.29) is 6.04 Å². The summed E-state index contributed by atoms with van der Waals surface area (Å²) < 4.78 is 61.3. The molecule has 182 valence electrons. The van der Waals surface area contributed by atoms with Crippen molar-refractivity contribution in [3.63, 3.8) is 0 Å². The molecule has 0 aliphatic carbocycles. The molecule has 0 radical (unpaired) electrons. The monoisotopic (exact) mass is 581 g/mol. The van der Waals surface area contributed by atoms with Crippen molar-refractivity contribution in [1.29, 1.82) is 0 Å². The molecule has 1 aliphatic heterocycles. The maximum Gasteiger partial charge on any atom is 0.419 e. The molecule has 0 bridgehead atoms. The van der Waals surface area contributed by atoms with Gasteiger partial charge in [-0.05, 0) is 80.3 Å². The Hall–Kier alpha value is -1.85.